The lowest BCUT2D eigenvalue weighted by molar-refractivity contribution is 0.0601. The third-order valence-corrected chi connectivity index (χ3v) is 2.93. The Labute approximate surface area is 109 Å². The molecular formula is C15H12F2O2. The van der Waals surface area contributed by atoms with Gasteiger partial charge in [-0.15, -0.1) is 0 Å². The van der Waals surface area contributed by atoms with Crippen LogP contribution in [-0.2, 0) is 4.74 Å². The van der Waals surface area contributed by atoms with Gasteiger partial charge in [-0.3, -0.25) is 0 Å². The fraction of sp³-hybridized carbons (Fsp3) is 0.133. The zero-order valence-corrected chi connectivity index (χ0v) is 10.5. The zero-order chi connectivity index (χ0) is 14.0. The maximum absolute atomic E-state index is 13.6. The molecule has 0 saturated heterocycles. The number of ether oxygens (including phenoxy) is 1. The van der Waals surface area contributed by atoms with Crippen molar-refractivity contribution in [3.8, 4) is 11.1 Å². The summed E-state index contributed by atoms with van der Waals surface area (Å²) in [7, 11) is 1.26. The van der Waals surface area contributed by atoms with Gasteiger partial charge in [0.25, 0.3) is 0 Å². The maximum Gasteiger partial charge on any atom is 0.338 e. The smallest absolute Gasteiger partial charge is 0.338 e. The first-order chi connectivity index (χ1) is 9.04. The van der Waals surface area contributed by atoms with E-state index in [2.05, 4.69) is 4.74 Å². The third-order valence-electron chi connectivity index (χ3n) is 2.93. The highest BCUT2D eigenvalue weighted by atomic mass is 19.1. The van der Waals surface area contributed by atoms with Gasteiger partial charge in [-0.2, -0.15) is 0 Å². The van der Waals surface area contributed by atoms with Crippen molar-refractivity contribution in [3.05, 3.63) is 59.2 Å². The molecule has 98 valence electrons. The Kier molecular flexibility index (Phi) is 3.60. The lowest BCUT2D eigenvalue weighted by Gasteiger charge is -2.11. The number of hydrogen-bond acceptors (Lipinski definition) is 2. The summed E-state index contributed by atoms with van der Waals surface area (Å²) in [5.41, 5.74) is 1.36. The zero-order valence-electron chi connectivity index (χ0n) is 10.5. The highest BCUT2D eigenvalue weighted by molar-refractivity contribution is 5.97. The van der Waals surface area contributed by atoms with Gasteiger partial charge >= 0.3 is 5.97 Å². The molecule has 0 aliphatic rings. The van der Waals surface area contributed by atoms with E-state index in [0.29, 0.717) is 11.1 Å². The van der Waals surface area contributed by atoms with E-state index >= 15 is 0 Å². The van der Waals surface area contributed by atoms with Crippen molar-refractivity contribution < 1.29 is 18.3 Å². The molecule has 0 radical (unpaired) electrons. The molecule has 2 rings (SSSR count). The molecule has 0 atom stereocenters. The van der Waals surface area contributed by atoms with Crippen LogP contribution in [0.15, 0.2) is 36.4 Å². The van der Waals surface area contributed by atoms with Crippen LogP contribution >= 0.6 is 0 Å². The summed E-state index contributed by atoms with van der Waals surface area (Å²) in [5.74, 6) is -1.87. The molecule has 2 aromatic carbocycles. The Morgan fingerprint density at radius 3 is 2.47 bits per heavy atom. The Balaban J connectivity index is 2.69. The molecule has 0 N–H and O–H groups in total. The number of rotatable bonds is 2. The van der Waals surface area contributed by atoms with Crippen LogP contribution in [0, 0.1) is 18.6 Å². The topological polar surface area (TPSA) is 26.3 Å². The maximum atomic E-state index is 13.6. The fourth-order valence-corrected chi connectivity index (χ4v) is 1.93. The summed E-state index contributed by atoms with van der Waals surface area (Å²) >= 11 is 0. The van der Waals surface area contributed by atoms with E-state index in [0.717, 1.165) is 6.07 Å². The van der Waals surface area contributed by atoms with E-state index in [1.54, 1.807) is 24.3 Å². The fourth-order valence-electron chi connectivity index (χ4n) is 1.93. The van der Waals surface area contributed by atoms with Gasteiger partial charge < -0.3 is 4.74 Å². The van der Waals surface area contributed by atoms with Crippen LogP contribution in [0.5, 0.6) is 0 Å². The first-order valence-electron chi connectivity index (χ1n) is 5.68. The number of hydrogen-bond donors (Lipinski definition) is 0. The van der Waals surface area contributed by atoms with Crippen molar-refractivity contribution in [3.63, 3.8) is 0 Å². The highest BCUT2D eigenvalue weighted by Crippen LogP contribution is 2.29. The minimum absolute atomic E-state index is 0.276. The molecule has 2 aromatic rings. The van der Waals surface area contributed by atoms with Gasteiger partial charge in [0.05, 0.1) is 12.7 Å². The van der Waals surface area contributed by atoms with Crippen molar-refractivity contribution >= 4 is 5.97 Å². The van der Waals surface area contributed by atoms with Gasteiger partial charge in [0.2, 0.25) is 0 Å². The second-order valence-corrected chi connectivity index (χ2v) is 4.10. The lowest BCUT2D eigenvalue weighted by Crippen LogP contribution is -2.04. The molecule has 4 heteroatoms. The Morgan fingerprint density at radius 2 is 1.79 bits per heavy atom. The summed E-state index contributed by atoms with van der Waals surface area (Å²) in [6.45, 7) is 1.54. The second-order valence-electron chi connectivity index (χ2n) is 4.10. The van der Waals surface area contributed by atoms with Crippen LogP contribution in [-0.4, -0.2) is 13.1 Å². The second kappa shape index (κ2) is 5.18. The van der Waals surface area contributed by atoms with E-state index in [4.69, 9.17) is 0 Å². The molecule has 0 heterocycles. The minimum Gasteiger partial charge on any atom is -0.465 e. The van der Waals surface area contributed by atoms with Crippen LogP contribution < -0.4 is 0 Å². The number of halogens is 2. The standard InChI is InChI=1S/C15H12F2O2/c1-9-13(7-10(16)8-14(9)17)11-5-3-4-6-12(11)15(18)19-2/h3-8H,1-2H3. The molecule has 19 heavy (non-hydrogen) atoms. The first kappa shape index (κ1) is 13.2. The van der Waals surface area contributed by atoms with Gasteiger partial charge in [-0.1, -0.05) is 18.2 Å². The van der Waals surface area contributed by atoms with Gasteiger partial charge in [0, 0.05) is 6.07 Å². The largest absolute Gasteiger partial charge is 0.465 e. The van der Waals surface area contributed by atoms with Crippen LogP contribution in [0.2, 0.25) is 0 Å². The highest BCUT2D eigenvalue weighted by Gasteiger charge is 2.16. The normalized spacial score (nSPS) is 10.3. The summed E-state index contributed by atoms with van der Waals surface area (Å²) in [4.78, 5) is 11.7. The molecule has 0 spiro atoms. The minimum atomic E-state index is -0.683. The third kappa shape index (κ3) is 2.47. The van der Waals surface area contributed by atoms with Crippen LogP contribution in [0.4, 0.5) is 8.78 Å². The van der Waals surface area contributed by atoms with Crippen molar-refractivity contribution in [2.24, 2.45) is 0 Å². The SMILES string of the molecule is COC(=O)c1ccccc1-c1cc(F)cc(F)c1C. The number of methoxy groups -OCH3 is 1. The van der Waals surface area contributed by atoms with E-state index < -0.39 is 17.6 Å². The molecule has 0 saturated carbocycles. The molecule has 2 nitrogen and oxygen atoms in total. The monoisotopic (exact) mass is 262 g/mol. The van der Waals surface area contributed by atoms with Crippen LogP contribution in [0.3, 0.4) is 0 Å². The lowest BCUT2D eigenvalue weighted by atomic mass is 9.95. The van der Waals surface area contributed by atoms with Crippen molar-refractivity contribution in [2.75, 3.05) is 7.11 Å². The number of benzene rings is 2. The first-order valence-corrected chi connectivity index (χ1v) is 5.68. The van der Waals surface area contributed by atoms with Crippen molar-refractivity contribution in [1.29, 1.82) is 0 Å². The van der Waals surface area contributed by atoms with Gasteiger partial charge in [0.1, 0.15) is 11.6 Å². The van der Waals surface area contributed by atoms with Crippen LogP contribution in [0.1, 0.15) is 15.9 Å². The predicted molar refractivity (Wildman–Crippen MR) is 67.9 cm³/mol. The molecule has 0 bridgehead atoms. The summed E-state index contributed by atoms with van der Waals surface area (Å²) in [6.07, 6.45) is 0. The van der Waals surface area contributed by atoms with E-state index in [1.807, 2.05) is 0 Å². The number of carbonyl (C=O) groups excluding carboxylic acids is 1. The molecule has 0 fully saturated rings. The predicted octanol–water partition coefficient (Wildman–Crippen LogP) is 3.73. The molecular weight excluding hydrogens is 250 g/mol. The van der Waals surface area contributed by atoms with Gasteiger partial charge in [-0.25, -0.2) is 13.6 Å². The van der Waals surface area contributed by atoms with E-state index in [-0.39, 0.29) is 11.1 Å². The average Bonchev–Trinajstić information content (AvgIpc) is 2.42. The van der Waals surface area contributed by atoms with Crippen LogP contribution in [0.25, 0.3) is 11.1 Å². The summed E-state index contributed by atoms with van der Waals surface area (Å²) in [6, 6.07) is 8.58. The van der Waals surface area contributed by atoms with Gasteiger partial charge in [0.15, 0.2) is 0 Å². The molecule has 0 amide bonds. The van der Waals surface area contributed by atoms with Crippen molar-refractivity contribution in [1.82, 2.24) is 0 Å². The summed E-state index contributed by atoms with van der Waals surface area (Å²) < 4.78 is 31.6. The Bertz CT molecular complexity index is 636. The Hall–Kier alpha value is -2.23. The molecule has 0 aromatic heterocycles. The molecule has 0 aliphatic heterocycles. The quantitative estimate of drug-likeness (QED) is 0.771. The molecule has 0 unspecified atom stereocenters. The summed E-state index contributed by atoms with van der Waals surface area (Å²) in [5, 5.41) is 0. The number of esters is 1. The van der Waals surface area contributed by atoms with Gasteiger partial charge in [-0.05, 0) is 35.7 Å². The molecule has 0 aliphatic carbocycles. The Morgan fingerprint density at radius 1 is 1.11 bits per heavy atom. The number of carbonyl (C=O) groups is 1. The van der Waals surface area contributed by atoms with E-state index in [9.17, 15) is 13.6 Å². The van der Waals surface area contributed by atoms with E-state index in [1.165, 1.54) is 20.1 Å². The van der Waals surface area contributed by atoms with Crippen molar-refractivity contribution in [2.45, 2.75) is 6.92 Å². The average molecular weight is 262 g/mol.